The molecule has 0 aromatic heterocycles. The van der Waals surface area contributed by atoms with Gasteiger partial charge in [0.15, 0.2) is 11.6 Å². The fraction of sp³-hybridized carbons (Fsp3) is 0.300. The maximum atomic E-state index is 13.3. The van der Waals surface area contributed by atoms with Gasteiger partial charge in [-0.3, -0.25) is 4.79 Å². The molecule has 1 aromatic carbocycles. The highest BCUT2D eigenvalue weighted by Gasteiger charge is 2.27. The first-order chi connectivity index (χ1) is 7.08. The van der Waals surface area contributed by atoms with Crippen LogP contribution in [-0.4, -0.2) is 12.5 Å². The van der Waals surface area contributed by atoms with E-state index in [0.29, 0.717) is 6.07 Å². The molecular formula is C10H8F3NO. The second-order valence-electron chi connectivity index (χ2n) is 3.50. The van der Waals surface area contributed by atoms with Gasteiger partial charge in [-0.25, -0.2) is 13.2 Å². The van der Waals surface area contributed by atoms with Crippen molar-refractivity contribution in [3.63, 3.8) is 0 Å². The second kappa shape index (κ2) is 3.56. The molecule has 15 heavy (non-hydrogen) atoms. The summed E-state index contributed by atoms with van der Waals surface area (Å²) in [6, 6.07) is 1.42. The molecule has 1 atom stereocenters. The van der Waals surface area contributed by atoms with Gasteiger partial charge in [0.2, 0.25) is 5.91 Å². The van der Waals surface area contributed by atoms with E-state index in [2.05, 4.69) is 5.32 Å². The van der Waals surface area contributed by atoms with Gasteiger partial charge in [0, 0.05) is 24.9 Å². The molecule has 1 unspecified atom stereocenters. The van der Waals surface area contributed by atoms with Crippen LogP contribution in [0, 0.1) is 17.5 Å². The summed E-state index contributed by atoms with van der Waals surface area (Å²) in [6.07, 6.45) is 0.0693. The van der Waals surface area contributed by atoms with E-state index in [1.54, 1.807) is 0 Å². The number of carbonyl (C=O) groups excluding carboxylic acids is 1. The monoisotopic (exact) mass is 215 g/mol. The summed E-state index contributed by atoms with van der Waals surface area (Å²) in [4.78, 5) is 10.9. The quantitative estimate of drug-likeness (QED) is 0.710. The minimum absolute atomic E-state index is 0.0693. The Bertz CT molecular complexity index is 419. The molecule has 1 aliphatic rings. The fourth-order valence-electron chi connectivity index (χ4n) is 1.70. The molecule has 5 heteroatoms. The maximum Gasteiger partial charge on any atom is 0.220 e. The minimum atomic E-state index is -1.22. The van der Waals surface area contributed by atoms with Crippen LogP contribution in [-0.2, 0) is 4.79 Å². The van der Waals surface area contributed by atoms with Gasteiger partial charge in [0.1, 0.15) is 5.82 Å². The van der Waals surface area contributed by atoms with Crippen LogP contribution in [0.15, 0.2) is 12.1 Å². The van der Waals surface area contributed by atoms with E-state index in [9.17, 15) is 18.0 Å². The van der Waals surface area contributed by atoms with Crippen molar-refractivity contribution in [3.8, 4) is 0 Å². The molecule has 1 N–H and O–H groups in total. The van der Waals surface area contributed by atoms with Gasteiger partial charge < -0.3 is 5.32 Å². The number of hydrogen-bond donors (Lipinski definition) is 1. The molecule has 1 saturated heterocycles. The van der Waals surface area contributed by atoms with Gasteiger partial charge >= 0.3 is 0 Å². The summed E-state index contributed by atoms with van der Waals surface area (Å²) in [7, 11) is 0. The van der Waals surface area contributed by atoms with Crippen LogP contribution >= 0.6 is 0 Å². The van der Waals surface area contributed by atoms with Crippen LogP contribution < -0.4 is 5.32 Å². The van der Waals surface area contributed by atoms with Crippen molar-refractivity contribution in [3.05, 3.63) is 35.1 Å². The number of benzene rings is 1. The van der Waals surface area contributed by atoms with Gasteiger partial charge in [-0.15, -0.1) is 0 Å². The molecule has 1 amide bonds. The third-order valence-electron chi connectivity index (χ3n) is 2.44. The Morgan fingerprint density at radius 3 is 2.60 bits per heavy atom. The summed E-state index contributed by atoms with van der Waals surface area (Å²) >= 11 is 0. The van der Waals surface area contributed by atoms with Crippen molar-refractivity contribution in [1.82, 2.24) is 5.32 Å². The zero-order chi connectivity index (χ0) is 11.0. The van der Waals surface area contributed by atoms with E-state index in [1.807, 2.05) is 0 Å². The van der Waals surface area contributed by atoms with Crippen LogP contribution in [0.2, 0.25) is 0 Å². The molecule has 0 spiro atoms. The highest BCUT2D eigenvalue weighted by Crippen LogP contribution is 2.27. The molecule has 1 aromatic rings. The molecule has 1 fully saturated rings. The lowest BCUT2D eigenvalue weighted by atomic mass is 9.97. The summed E-state index contributed by atoms with van der Waals surface area (Å²) in [6.45, 7) is 0.221. The summed E-state index contributed by atoms with van der Waals surface area (Å²) < 4.78 is 39.0. The standard InChI is InChI=1S/C10H8F3NO/c11-6-2-7(10(13)8(12)3-6)5-1-9(15)14-4-5/h2-3,5H,1,4H2,(H,14,15). The molecule has 0 bridgehead atoms. The van der Waals surface area contributed by atoms with Crippen LogP contribution in [0.5, 0.6) is 0 Å². The number of rotatable bonds is 1. The van der Waals surface area contributed by atoms with Crippen molar-refractivity contribution >= 4 is 5.91 Å². The third kappa shape index (κ3) is 1.82. The number of halogens is 3. The lowest BCUT2D eigenvalue weighted by Gasteiger charge is -2.09. The van der Waals surface area contributed by atoms with Crippen molar-refractivity contribution in [2.24, 2.45) is 0 Å². The van der Waals surface area contributed by atoms with E-state index < -0.39 is 23.4 Å². The topological polar surface area (TPSA) is 29.1 Å². The van der Waals surface area contributed by atoms with Crippen LogP contribution in [0.3, 0.4) is 0 Å². The Morgan fingerprint density at radius 1 is 1.27 bits per heavy atom. The molecule has 1 heterocycles. The van der Waals surface area contributed by atoms with Gasteiger partial charge in [0.25, 0.3) is 0 Å². The van der Waals surface area contributed by atoms with Gasteiger partial charge in [-0.05, 0) is 11.6 Å². The fourth-order valence-corrected chi connectivity index (χ4v) is 1.70. The Kier molecular flexibility index (Phi) is 2.38. The summed E-state index contributed by atoms with van der Waals surface area (Å²) in [5.41, 5.74) is -0.0779. The molecule has 2 nitrogen and oxygen atoms in total. The first-order valence-corrected chi connectivity index (χ1v) is 4.49. The van der Waals surface area contributed by atoms with Crippen molar-refractivity contribution in [1.29, 1.82) is 0 Å². The van der Waals surface area contributed by atoms with Crippen molar-refractivity contribution < 1.29 is 18.0 Å². The molecular weight excluding hydrogens is 207 g/mol. The van der Waals surface area contributed by atoms with E-state index in [0.717, 1.165) is 6.07 Å². The predicted molar refractivity (Wildman–Crippen MR) is 46.7 cm³/mol. The molecule has 0 aliphatic carbocycles. The maximum absolute atomic E-state index is 13.3. The smallest absolute Gasteiger partial charge is 0.220 e. The lowest BCUT2D eigenvalue weighted by Crippen LogP contribution is -2.14. The average molecular weight is 215 g/mol. The Labute approximate surface area is 84.1 Å². The highest BCUT2D eigenvalue weighted by atomic mass is 19.2. The minimum Gasteiger partial charge on any atom is -0.355 e. The molecule has 2 rings (SSSR count). The van der Waals surface area contributed by atoms with Crippen molar-refractivity contribution in [2.45, 2.75) is 12.3 Å². The summed E-state index contributed by atoms with van der Waals surface area (Å²) in [5.74, 6) is -3.84. The van der Waals surface area contributed by atoms with Crippen LogP contribution in [0.25, 0.3) is 0 Å². The van der Waals surface area contributed by atoms with Crippen molar-refractivity contribution in [2.75, 3.05) is 6.54 Å². The molecule has 0 saturated carbocycles. The number of amides is 1. The van der Waals surface area contributed by atoms with E-state index in [4.69, 9.17) is 0 Å². The zero-order valence-electron chi connectivity index (χ0n) is 7.69. The Balaban J connectivity index is 2.39. The normalized spacial score (nSPS) is 20.5. The predicted octanol–water partition coefficient (Wildman–Crippen LogP) is 1.71. The average Bonchev–Trinajstić information content (AvgIpc) is 2.58. The highest BCUT2D eigenvalue weighted by molar-refractivity contribution is 5.79. The number of nitrogens with one attached hydrogen (secondary N) is 1. The lowest BCUT2D eigenvalue weighted by molar-refractivity contribution is -0.119. The first-order valence-electron chi connectivity index (χ1n) is 4.49. The Hall–Kier alpha value is -1.52. The van der Waals surface area contributed by atoms with Gasteiger partial charge in [0.05, 0.1) is 0 Å². The second-order valence-corrected chi connectivity index (χ2v) is 3.50. The first kappa shape index (κ1) is 10.0. The Morgan fingerprint density at radius 2 is 2.00 bits per heavy atom. The molecule has 1 aliphatic heterocycles. The third-order valence-corrected chi connectivity index (χ3v) is 2.44. The largest absolute Gasteiger partial charge is 0.355 e. The SMILES string of the molecule is O=C1CC(c2cc(F)cc(F)c2F)CN1. The van der Waals surface area contributed by atoms with Crippen LogP contribution in [0.1, 0.15) is 17.9 Å². The van der Waals surface area contributed by atoms with Crippen LogP contribution in [0.4, 0.5) is 13.2 Å². The van der Waals surface area contributed by atoms with Gasteiger partial charge in [-0.1, -0.05) is 0 Å². The molecule has 0 radical (unpaired) electrons. The van der Waals surface area contributed by atoms with E-state index >= 15 is 0 Å². The number of carbonyl (C=O) groups is 1. The van der Waals surface area contributed by atoms with Gasteiger partial charge in [-0.2, -0.15) is 0 Å². The molecule has 80 valence electrons. The van der Waals surface area contributed by atoms with E-state index in [-0.39, 0.29) is 24.4 Å². The van der Waals surface area contributed by atoms with E-state index in [1.165, 1.54) is 0 Å². The summed E-state index contributed by atoms with van der Waals surface area (Å²) in [5, 5.41) is 2.48. The number of hydrogen-bond acceptors (Lipinski definition) is 1. The zero-order valence-corrected chi connectivity index (χ0v) is 7.69.